The van der Waals surface area contributed by atoms with Crippen LogP contribution in [0.25, 0.3) is 10.3 Å². The minimum atomic E-state index is 0.406. The molecule has 0 bridgehead atoms. The SMILES string of the molecule is N#Cc1ccc2nc(Nc3cc(CN4CCCC4)ccn3)sc2n1. The second-order valence-corrected chi connectivity index (χ2v) is 6.79. The topological polar surface area (TPSA) is 77.7 Å². The molecule has 4 rings (SSSR count). The van der Waals surface area contributed by atoms with Gasteiger partial charge in [-0.1, -0.05) is 11.3 Å². The lowest BCUT2D eigenvalue weighted by molar-refractivity contribution is 0.331. The summed E-state index contributed by atoms with van der Waals surface area (Å²) in [5.41, 5.74) is 2.44. The van der Waals surface area contributed by atoms with Gasteiger partial charge in [-0.05, 0) is 55.8 Å². The monoisotopic (exact) mass is 336 g/mol. The highest BCUT2D eigenvalue weighted by molar-refractivity contribution is 7.21. The number of hydrogen-bond acceptors (Lipinski definition) is 7. The summed E-state index contributed by atoms with van der Waals surface area (Å²) < 4.78 is 0. The summed E-state index contributed by atoms with van der Waals surface area (Å²) in [6.07, 6.45) is 4.41. The minimum Gasteiger partial charge on any atom is -0.316 e. The zero-order valence-electron chi connectivity index (χ0n) is 13.1. The molecular formula is C17H16N6S. The summed E-state index contributed by atoms with van der Waals surface area (Å²) in [4.78, 5) is 16.4. The fourth-order valence-electron chi connectivity index (χ4n) is 2.88. The molecule has 0 amide bonds. The van der Waals surface area contributed by atoms with Crippen LogP contribution in [0.3, 0.4) is 0 Å². The van der Waals surface area contributed by atoms with Gasteiger partial charge in [-0.3, -0.25) is 4.90 Å². The summed E-state index contributed by atoms with van der Waals surface area (Å²) in [6.45, 7) is 3.32. The number of fused-ring (bicyclic) bond motifs is 1. The molecule has 1 aliphatic rings. The summed E-state index contributed by atoms with van der Waals surface area (Å²) in [5, 5.41) is 12.9. The number of aromatic nitrogens is 3. The summed E-state index contributed by atoms with van der Waals surface area (Å²) >= 11 is 1.43. The molecule has 1 saturated heterocycles. The van der Waals surface area contributed by atoms with Gasteiger partial charge < -0.3 is 5.32 Å². The van der Waals surface area contributed by atoms with Gasteiger partial charge in [0, 0.05) is 12.7 Å². The molecule has 1 N–H and O–H groups in total. The van der Waals surface area contributed by atoms with E-state index in [4.69, 9.17) is 5.26 Å². The normalized spacial score (nSPS) is 14.8. The third-order valence-electron chi connectivity index (χ3n) is 4.03. The van der Waals surface area contributed by atoms with Crippen molar-refractivity contribution in [3.05, 3.63) is 41.7 Å². The Labute approximate surface area is 143 Å². The Bertz CT molecular complexity index is 907. The highest BCUT2D eigenvalue weighted by atomic mass is 32.1. The molecule has 0 unspecified atom stereocenters. The second kappa shape index (κ2) is 6.51. The van der Waals surface area contributed by atoms with Crippen LogP contribution in [0.5, 0.6) is 0 Å². The van der Waals surface area contributed by atoms with Gasteiger partial charge in [0.05, 0.1) is 0 Å². The maximum absolute atomic E-state index is 8.93. The molecule has 0 spiro atoms. The number of hydrogen-bond donors (Lipinski definition) is 1. The molecule has 24 heavy (non-hydrogen) atoms. The van der Waals surface area contributed by atoms with E-state index in [-0.39, 0.29) is 0 Å². The van der Waals surface area contributed by atoms with Crippen LogP contribution in [0.2, 0.25) is 0 Å². The van der Waals surface area contributed by atoms with Crippen LogP contribution in [0.1, 0.15) is 24.1 Å². The van der Waals surface area contributed by atoms with Gasteiger partial charge in [-0.25, -0.2) is 15.0 Å². The number of thiazole rings is 1. The van der Waals surface area contributed by atoms with Crippen LogP contribution >= 0.6 is 11.3 Å². The van der Waals surface area contributed by atoms with Crippen molar-refractivity contribution in [2.45, 2.75) is 19.4 Å². The lowest BCUT2D eigenvalue weighted by atomic mass is 10.2. The molecule has 4 heterocycles. The fraction of sp³-hybridized carbons (Fsp3) is 0.294. The lowest BCUT2D eigenvalue weighted by Gasteiger charge is -2.14. The number of nitrogens with one attached hydrogen (secondary N) is 1. The average molecular weight is 336 g/mol. The zero-order valence-corrected chi connectivity index (χ0v) is 13.9. The van der Waals surface area contributed by atoms with Crippen molar-refractivity contribution in [2.24, 2.45) is 0 Å². The third kappa shape index (κ3) is 3.20. The Kier molecular flexibility index (Phi) is 4.07. The molecular weight excluding hydrogens is 320 g/mol. The van der Waals surface area contributed by atoms with E-state index in [0.29, 0.717) is 5.69 Å². The van der Waals surface area contributed by atoms with Gasteiger partial charge in [-0.15, -0.1) is 0 Å². The van der Waals surface area contributed by atoms with Crippen LogP contribution in [-0.2, 0) is 6.54 Å². The van der Waals surface area contributed by atoms with E-state index in [1.807, 2.05) is 12.3 Å². The molecule has 0 aliphatic carbocycles. The molecule has 7 heteroatoms. The van der Waals surface area contributed by atoms with E-state index in [1.165, 1.54) is 42.8 Å². The van der Waals surface area contributed by atoms with Crippen molar-refractivity contribution in [1.82, 2.24) is 19.9 Å². The number of likely N-dealkylation sites (tertiary alicyclic amines) is 1. The summed E-state index contributed by atoms with van der Waals surface area (Å²) in [6, 6.07) is 9.68. The summed E-state index contributed by atoms with van der Waals surface area (Å²) in [7, 11) is 0. The van der Waals surface area contributed by atoms with E-state index in [9.17, 15) is 0 Å². The number of pyridine rings is 2. The van der Waals surface area contributed by atoms with Crippen LogP contribution < -0.4 is 5.32 Å². The minimum absolute atomic E-state index is 0.406. The Hall–Kier alpha value is -2.56. The van der Waals surface area contributed by atoms with Crippen molar-refractivity contribution in [3.8, 4) is 6.07 Å². The molecule has 3 aromatic heterocycles. The van der Waals surface area contributed by atoms with Crippen molar-refractivity contribution < 1.29 is 0 Å². The quantitative estimate of drug-likeness (QED) is 0.787. The van der Waals surface area contributed by atoms with Crippen LogP contribution in [-0.4, -0.2) is 32.9 Å². The van der Waals surface area contributed by atoms with Gasteiger partial charge in [0.25, 0.3) is 0 Å². The number of rotatable bonds is 4. The standard InChI is InChI=1S/C17H16N6S/c18-10-13-3-4-14-16(20-13)24-17(21-14)22-15-9-12(5-6-19-15)11-23-7-1-2-8-23/h3-6,9H,1-2,7-8,11H2,(H,19,21,22). The van der Waals surface area contributed by atoms with Gasteiger partial charge in [0.15, 0.2) is 5.13 Å². The molecule has 0 saturated carbocycles. The number of nitrogens with zero attached hydrogens (tertiary/aromatic N) is 5. The Morgan fingerprint density at radius 3 is 2.92 bits per heavy atom. The van der Waals surface area contributed by atoms with Crippen LogP contribution in [0.4, 0.5) is 10.9 Å². The predicted molar refractivity (Wildman–Crippen MR) is 94.2 cm³/mol. The molecule has 1 aliphatic heterocycles. The van der Waals surface area contributed by atoms with Gasteiger partial charge in [0.2, 0.25) is 0 Å². The van der Waals surface area contributed by atoms with Gasteiger partial charge in [-0.2, -0.15) is 5.26 Å². The summed E-state index contributed by atoms with van der Waals surface area (Å²) in [5.74, 6) is 0.784. The zero-order chi connectivity index (χ0) is 16.4. The van der Waals surface area contributed by atoms with E-state index in [1.54, 1.807) is 6.07 Å². The first-order valence-corrected chi connectivity index (χ1v) is 8.74. The Balaban J connectivity index is 1.53. The highest BCUT2D eigenvalue weighted by Gasteiger charge is 2.12. The van der Waals surface area contributed by atoms with Gasteiger partial charge in [0.1, 0.15) is 27.9 Å². The Morgan fingerprint density at radius 2 is 2.08 bits per heavy atom. The lowest BCUT2D eigenvalue weighted by Crippen LogP contribution is -2.18. The number of nitriles is 1. The molecule has 3 aromatic rings. The van der Waals surface area contributed by atoms with Crippen molar-refractivity contribution in [3.63, 3.8) is 0 Å². The van der Waals surface area contributed by atoms with Crippen molar-refractivity contribution in [1.29, 1.82) is 5.26 Å². The third-order valence-corrected chi connectivity index (χ3v) is 4.91. The molecule has 120 valence electrons. The van der Waals surface area contributed by atoms with Crippen LogP contribution in [0, 0.1) is 11.3 Å². The van der Waals surface area contributed by atoms with Crippen molar-refractivity contribution in [2.75, 3.05) is 18.4 Å². The fourth-order valence-corrected chi connectivity index (χ4v) is 3.73. The second-order valence-electron chi connectivity index (χ2n) is 5.81. The first kappa shape index (κ1) is 15.0. The van der Waals surface area contributed by atoms with E-state index >= 15 is 0 Å². The average Bonchev–Trinajstić information content (AvgIpc) is 3.23. The molecule has 0 atom stereocenters. The number of anilines is 2. The van der Waals surface area contributed by atoms with E-state index < -0.39 is 0 Å². The molecule has 1 fully saturated rings. The first-order valence-electron chi connectivity index (χ1n) is 7.92. The Morgan fingerprint density at radius 1 is 1.21 bits per heavy atom. The molecule has 0 aromatic carbocycles. The maximum atomic E-state index is 8.93. The smallest absolute Gasteiger partial charge is 0.190 e. The van der Waals surface area contributed by atoms with Gasteiger partial charge >= 0.3 is 0 Å². The molecule has 6 nitrogen and oxygen atoms in total. The molecule has 0 radical (unpaired) electrons. The maximum Gasteiger partial charge on any atom is 0.190 e. The van der Waals surface area contributed by atoms with E-state index in [2.05, 4.69) is 43.4 Å². The van der Waals surface area contributed by atoms with Crippen molar-refractivity contribution >= 4 is 32.6 Å². The largest absolute Gasteiger partial charge is 0.316 e. The highest BCUT2D eigenvalue weighted by Crippen LogP contribution is 2.27. The predicted octanol–water partition coefficient (Wildman–Crippen LogP) is 3.30. The van der Waals surface area contributed by atoms with Crippen LogP contribution in [0.15, 0.2) is 30.5 Å². The first-order chi connectivity index (χ1) is 11.8. The van der Waals surface area contributed by atoms with E-state index in [0.717, 1.165) is 27.8 Å².